The van der Waals surface area contributed by atoms with Crippen molar-refractivity contribution in [3.63, 3.8) is 0 Å². The second-order valence-electron chi connectivity index (χ2n) is 3.92. The topological polar surface area (TPSA) is 46.5 Å². The van der Waals surface area contributed by atoms with Crippen LogP contribution < -0.4 is 0 Å². The maximum Gasteiger partial charge on any atom is 0.304 e. The largest absolute Gasteiger partial charge is 0.436 e. The molecule has 0 aliphatic rings. The lowest BCUT2D eigenvalue weighted by Crippen LogP contribution is -2.27. The third kappa shape index (κ3) is 6.07. The minimum absolute atomic E-state index is 0.121. The normalized spacial score (nSPS) is 17.1. The van der Waals surface area contributed by atoms with Crippen molar-refractivity contribution in [2.24, 2.45) is 11.8 Å². The molecule has 0 bridgehead atoms. The van der Waals surface area contributed by atoms with E-state index in [1.165, 1.54) is 6.92 Å². The van der Waals surface area contributed by atoms with Gasteiger partial charge in [-0.05, 0) is 12.8 Å². The molecule has 0 aromatic carbocycles. The van der Waals surface area contributed by atoms with Crippen LogP contribution in [0, 0.1) is 11.8 Å². The predicted molar refractivity (Wildman–Crippen MR) is 60.1 cm³/mol. The summed E-state index contributed by atoms with van der Waals surface area (Å²) in [7, 11) is 0. The number of carbonyl (C=O) groups is 1. The van der Waals surface area contributed by atoms with Crippen molar-refractivity contribution in [3.8, 4) is 0 Å². The van der Waals surface area contributed by atoms with Gasteiger partial charge in [-0.2, -0.15) is 0 Å². The van der Waals surface area contributed by atoms with E-state index in [1.54, 1.807) is 0 Å². The molecule has 3 unspecified atom stereocenters. The molecule has 0 radical (unpaired) electrons. The summed E-state index contributed by atoms with van der Waals surface area (Å²) in [5.74, 6) is -0.481. The molecule has 0 aliphatic carbocycles. The van der Waals surface area contributed by atoms with Crippen LogP contribution in [-0.2, 0) is 9.53 Å². The number of ether oxygens (including phenoxy) is 1. The molecule has 0 saturated carbocycles. The Kier molecular flexibility index (Phi) is 5.94. The predicted octanol–water partition coefficient (Wildman–Crippen LogP) is 2.27. The van der Waals surface area contributed by atoms with E-state index in [4.69, 9.17) is 4.74 Å². The van der Waals surface area contributed by atoms with Gasteiger partial charge in [0.15, 0.2) is 0 Å². The zero-order valence-electron chi connectivity index (χ0n) is 9.86. The average Bonchev–Trinajstić information content (AvgIpc) is 2.11. The van der Waals surface area contributed by atoms with Gasteiger partial charge >= 0.3 is 5.97 Å². The number of hydrogen-bond acceptors (Lipinski definition) is 3. The van der Waals surface area contributed by atoms with E-state index in [1.807, 2.05) is 32.9 Å². The molecule has 86 valence electrons. The van der Waals surface area contributed by atoms with Crippen LogP contribution in [0.5, 0.6) is 0 Å². The van der Waals surface area contributed by atoms with Crippen LogP contribution in [0.15, 0.2) is 24.3 Å². The minimum atomic E-state index is -1.05. The number of rotatable bonds is 5. The molecule has 1 N–H and O–H groups in total. The van der Waals surface area contributed by atoms with Crippen molar-refractivity contribution < 1.29 is 14.6 Å². The number of carbonyl (C=O) groups excluding carboxylic acids is 1. The second-order valence-corrected chi connectivity index (χ2v) is 3.92. The van der Waals surface area contributed by atoms with E-state index in [0.29, 0.717) is 0 Å². The molecule has 0 aliphatic heterocycles. The Bertz CT molecular complexity index is 256. The average molecular weight is 212 g/mol. The number of aliphatic hydroxyl groups excluding tert-OH is 1. The number of esters is 1. The first-order chi connectivity index (χ1) is 6.84. The van der Waals surface area contributed by atoms with Crippen molar-refractivity contribution in [1.82, 2.24) is 0 Å². The Balaban J connectivity index is 4.24. The van der Waals surface area contributed by atoms with Crippen LogP contribution in [0.3, 0.4) is 0 Å². The van der Waals surface area contributed by atoms with Crippen LogP contribution in [0.1, 0.15) is 27.7 Å². The molecule has 0 rings (SSSR count). The van der Waals surface area contributed by atoms with Crippen molar-refractivity contribution in [2.45, 2.75) is 34.0 Å². The monoisotopic (exact) mass is 212 g/mol. The lowest BCUT2D eigenvalue weighted by molar-refractivity contribution is -0.175. The molecule has 0 amide bonds. The highest BCUT2D eigenvalue weighted by atomic mass is 16.6. The van der Waals surface area contributed by atoms with Gasteiger partial charge in [0.05, 0.1) is 0 Å². The molecule has 0 aromatic heterocycles. The van der Waals surface area contributed by atoms with Gasteiger partial charge in [-0.15, -0.1) is 0 Å². The Labute approximate surface area is 91.4 Å². The van der Waals surface area contributed by atoms with Gasteiger partial charge in [0.25, 0.3) is 0 Å². The van der Waals surface area contributed by atoms with Crippen LogP contribution in [0.25, 0.3) is 0 Å². The van der Waals surface area contributed by atoms with Gasteiger partial charge in [-0.1, -0.05) is 38.2 Å². The molecule has 0 saturated heterocycles. The lowest BCUT2D eigenvalue weighted by atomic mass is 9.94. The molecule has 0 heterocycles. The van der Waals surface area contributed by atoms with Gasteiger partial charge in [0.2, 0.25) is 6.29 Å². The summed E-state index contributed by atoms with van der Waals surface area (Å²) in [5, 5.41) is 9.52. The number of hydrogen-bond donors (Lipinski definition) is 1. The Hall–Kier alpha value is -1.09. The maximum atomic E-state index is 10.6. The summed E-state index contributed by atoms with van der Waals surface area (Å²) < 4.78 is 4.70. The van der Waals surface area contributed by atoms with Crippen molar-refractivity contribution in [3.05, 3.63) is 24.3 Å². The van der Waals surface area contributed by atoms with E-state index in [2.05, 4.69) is 6.58 Å². The molecule has 3 nitrogen and oxygen atoms in total. The highest BCUT2D eigenvalue weighted by molar-refractivity contribution is 5.66. The van der Waals surface area contributed by atoms with Crippen molar-refractivity contribution in [1.29, 1.82) is 0 Å². The zero-order valence-corrected chi connectivity index (χ0v) is 9.86. The number of allylic oxidation sites excluding steroid dienone is 3. The fourth-order valence-electron chi connectivity index (χ4n) is 1.03. The summed E-state index contributed by atoms with van der Waals surface area (Å²) in [6.07, 6.45) is 2.79. The summed E-state index contributed by atoms with van der Waals surface area (Å²) >= 11 is 0. The second kappa shape index (κ2) is 6.40. The quantitative estimate of drug-likeness (QED) is 0.432. The highest BCUT2D eigenvalue weighted by Gasteiger charge is 2.21. The van der Waals surface area contributed by atoms with Crippen LogP contribution in [-0.4, -0.2) is 17.4 Å². The summed E-state index contributed by atoms with van der Waals surface area (Å²) in [6.45, 7) is 10.7. The van der Waals surface area contributed by atoms with E-state index < -0.39 is 12.3 Å². The Morgan fingerprint density at radius 2 is 1.93 bits per heavy atom. The number of aliphatic hydroxyl groups is 1. The standard InChI is InChI=1S/C12H20O3/c1-8(2)6-7-9(3)10(4)12(14)15-11(5)13/h6-7,9-10,12,14H,1H2,2-5H3/b7-6+. The third-order valence-corrected chi connectivity index (χ3v) is 2.25. The lowest BCUT2D eigenvalue weighted by Gasteiger charge is -2.22. The summed E-state index contributed by atoms with van der Waals surface area (Å²) in [4.78, 5) is 10.6. The molecule has 3 heteroatoms. The van der Waals surface area contributed by atoms with E-state index in [9.17, 15) is 9.90 Å². The third-order valence-electron chi connectivity index (χ3n) is 2.25. The highest BCUT2D eigenvalue weighted by Crippen LogP contribution is 2.18. The smallest absolute Gasteiger partial charge is 0.304 e. The fraction of sp³-hybridized carbons (Fsp3) is 0.583. The molecule has 0 fully saturated rings. The first-order valence-corrected chi connectivity index (χ1v) is 5.03. The molecular weight excluding hydrogens is 192 g/mol. The minimum Gasteiger partial charge on any atom is -0.436 e. The molecule has 15 heavy (non-hydrogen) atoms. The molecule has 0 spiro atoms. The van der Waals surface area contributed by atoms with Gasteiger partial charge < -0.3 is 9.84 Å². The van der Waals surface area contributed by atoms with Crippen LogP contribution >= 0.6 is 0 Å². The Morgan fingerprint density at radius 3 is 2.33 bits per heavy atom. The van der Waals surface area contributed by atoms with Gasteiger partial charge in [-0.25, -0.2) is 0 Å². The van der Waals surface area contributed by atoms with Crippen LogP contribution in [0.4, 0.5) is 0 Å². The first kappa shape index (κ1) is 13.9. The van der Waals surface area contributed by atoms with Gasteiger partial charge in [0.1, 0.15) is 0 Å². The van der Waals surface area contributed by atoms with Crippen LogP contribution in [0.2, 0.25) is 0 Å². The van der Waals surface area contributed by atoms with E-state index in [0.717, 1.165) is 5.57 Å². The Morgan fingerprint density at radius 1 is 1.40 bits per heavy atom. The zero-order chi connectivity index (χ0) is 12.0. The SMILES string of the molecule is C=C(C)/C=C/C(C)C(C)C(O)OC(C)=O. The van der Waals surface area contributed by atoms with Gasteiger partial charge in [-0.3, -0.25) is 4.79 Å². The molecular formula is C12H20O3. The van der Waals surface area contributed by atoms with Gasteiger partial charge in [0, 0.05) is 12.8 Å². The van der Waals surface area contributed by atoms with E-state index >= 15 is 0 Å². The van der Waals surface area contributed by atoms with Crippen molar-refractivity contribution >= 4 is 5.97 Å². The molecule has 0 aromatic rings. The molecule has 3 atom stereocenters. The van der Waals surface area contributed by atoms with E-state index in [-0.39, 0.29) is 11.8 Å². The maximum absolute atomic E-state index is 10.6. The summed E-state index contributed by atoms with van der Waals surface area (Å²) in [6, 6.07) is 0. The summed E-state index contributed by atoms with van der Waals surface area (Å²) in [5.41, 5.74) is 0.955. The van der Waals surface area contributed by atoms with Crippen molar-refractivity contribution in [2.75, 3.05) is 0 Å². The first-order valence-electron chi connectivity index (χ1n) is 5.03. The fourth-order valence-corrected chi connectivity index (χ4v) is 1.03.